The van der Waals surface area contributed by atoms with Crippen molar-refractivity contribution in [1.82, 2.24) is 24.1 Å². The molecular formula is C44H34N6. The molecular weight excluding hydrogens is 613 g/mol. The van der Waals surface area contributed by atoms with Crippen LogP contribution >= 0.6 is 0 Å². The molecule has 6 nitrogen and oxygen atoms in total. The molecule has 4 fully saturated rings. The third-order valence-electron chi connectivity index (χ3n) is 12.2. The molecule has 5 aromatic carbocycles. The van der Waals surface area contributed by atoms with Crippen LogP contribution in [0.4, 0.5) is 0 Å². The van der Waals surface area contributed by atoms with E-state index in [-0.39, 0.29) is 0 Å². The molecule has 4 bridgehead atoms. The number of aromatic nitrogens is 5. The van der Waals surface area contributed by atoms with Crippen molar-refractivity contribution in [3.63, 3.8) is 0 Å². The molecule has 0 atom stereocenters. The highest BCUT2D eigenvalue weighted by molar-refractivity contribution is 6.10. The van der Waals surface area contributed by atoms with Crippen LogP contribution in [0.2, 0.25) is 0 Å². The molecule has 0 saturated heterocycles. The van der Waals surface area contributed by atoms with Crippen LogP contribution in [-0.4, -0.2) is 24.1 Å². The summed E-state index contributed by atoms with van der Waals surface area (Å²) in [5.41, 5.74) is 7.47. The largest absolute Gasteiger partial charge is 0.278 e. The normalized spacial score (nSPS) is 22.6. The summed E-state index contributed by atoms with van der Waals surface area (Å²) < 4.78 is 4.29. The average Bonchev–Trinajstić information content (AvgIpc) is 3.67. The predicted molar refractivity (Wildman–Crippen MR) is 199 cm³/mol. The summed E-state index contributed by atoms with van der Waals surface area (Å²) in [6.45, 7) is 0. The first-order valence-electron chi connectivity index (χ1n) is 17.9. The van der Waals surface area contributed by atoms with Crippen LogP contribution in [0.3, 0.4) is 0 Å². The molecule has 6 heteroatoms. The number of fused-ring (bicyclic) bond motifs is 6. The van der Waals surface area contributed by atoms with E-state index in [1.807, 2.05) is 30.3 Å². The van der Waals surface area contributed by atoms with Gasteiger partial charge in [-0.15, -0.1) is 0 Å². The second-order valence-electron chi connectivity index (χ2n) is 15.1. The molecule has 8 aromatic rings. The summed E-state index contributed by atoms with van der Waals surface area (Å²) in [7, 11) is 0. The lowest BCUT2D eigenvalue weighted by Gasteiger charge is -2.57. The Kier molecular flexibility index (Phi) is 5.81. The summed E-state index contributed by atoms with van der Waals surface area (Å²) in [4.78, 5) is 15.8. The van der Waals surface area contributed by atoms with E-state index >= 15 is 0 Å². The summed E-state index contributed by atoms with van der Waals surface area (Å²) in [6, 6.07) is 42.6. The fourth-order valence-electron chi connectivity index (χ4n) is 10.5. The van der Waals surface area contributed by atoms with Crippen molar-refractivity contribution >= 4 is 43.6 Å². The highest BCUT2D eigenvalue weighted by Gasteiger charge is 2.51. The molecule has 0 N–H and O–H groups in total. The summed E-state index contributed by atoms with van der Waals surface area (Å²) in [5.74, 6) is 4.47. The molecule has 3 aromatic heterocycles. The molecule has 3 heterocycles. The lowest BCUT2D eigenvalue weighted by molar-refractivity contribution is -0.00518. The maximum absolute atomic E-state index is 9.74. The lowest BCUT2D eigenvalue weighted by atomic mass is 9.48. The summed E-state index contributed by atoms with van der Waals surface area (Å²) in [5, 5.41) is 14.1. The Morgan fingerprint density at radius 1 is 0.540 bits per heavy atom. The van der Waals surface area contributed by atoms with Gasteiger partial charge in [0.1, 0.15) is 0 Å². The van der Waals surface area contributed by atoms with Gasteiger partial charge < -0.3 is 0 Å². The quantitative estimate of drug-likeness (QED) is 0.191. The van der Waals surface area contributed by atoms with Gasteiger partial charge in [0.05, 0.1) is 33.7 Å². The van der Waals surface area contributed by atoms with Gasteiger partial charge in [-0.3, -0.25) is 9.13 Å². The topological polar surface area (TPSA) is 72.3 Å². The van der Waals surface area contributed by atoms with Crippen LogP contribution in [0.25, 0.3) is 66.9 Å². The van der Waals surface area contributed by atoms with Crippen LogP contribution < -0.4 is 0 Å². The SMILES string of the molecule is N#Cc1ccc2c(c1)c1ccccc1n2-c1nc(-c2ccc(C34CC5CC(CC(C5)C3)C4)cc2)nc(-n2c3ccccc3c3ccccc32)n1. The minimum absolute atomic E-state index is 0.330. The fraction of sp³-hybridized carbons (Fsp3) is 0.227. The Bertz CT molecular complexity index is 2620. The van der Waals surface area contributed by atoms with Gasteiger partial charge in [-0.05, 0) is 104 Å². The molecule has 0 unspecified atom stereocenters. The van der Waals surface area contributed by atoms with Crippen LogP contribution in [-0.2, 0) is 5.41 Å². The smallest absolute Gasteiger partial charge is 0.240 e. The molecule has 0 aliphatic heterocycles. The predicted octanol–water partition coefficient (Wildman–Crippen LogP) is 10.1. The molecule has 4 saturated carbocycles. The van der Waals surface area contributed by atoms with Gasteiger partial charge in [0.15, 0.2) is 5.82 Å². The van der Waals surface area contributed by atoms with Gasteiger partial charge in [-0.25, -0.2) is 0 Å². The van der Waals surface area contributed by atoms with Crippen molar-refractivity contribution in [2.24, 2.45) is 17.8 Å². The van der Waals surface area contributed by atoms with Crippen molar-refractivity contribution in [1.29, 1.82) is 5.26 Å². The van der Waals surface area contributed by atoms with Gasteiger partial charge in [-0.1, -0.05) is 78.9 Å². The number of hydrogen-bond acceptors (Lipinski definition) is 4. The molecule has 240 valence electrons. The molecule has 50 heavy (non-hydrogen) atoms. The average molecular weight is 647 g/mol. The van der Waals surface area contributed by atoms with Crippen molar-refractivity contribution in [2.45, 2.75) is 43.9 Å². The van der Waals surface area contributed by atoms with Gasteiger partial charge in [0.2, 0.25) is 11.9 Å². The lowest BCUT2D eigenvalue weighted by Crippen LogP contribution is -2.48. The minimum atomic E-state index is 0.330. The maximum atomic E-state index is 9.74. The number of para-hydroxylation sites is 3. The Labute approximate surface area is 289 Å². The van der Waals surface area contributed by atoms with Crippen LogP contribution in [0.15, 0.2) is 115 Å². The van der Waals surface area contributed by atoms with E-state index in [0.29, 0.717) is 28.7 Å². The van der Waals surface area contributed by atoms with E-state index in [1.165, 1.54) is 44.1 Å². The first-order valence-corrected chi connectivity index (χ1v) is 17.9. The number of nitrogens with zero attached hydrogens (tertiary/aromatic N) is 6. The zero-order chi connectivity index (χ0) is 33.0. The van der Waals surface area contributed by atoms with Crippen molar-refractivity contribution in [3.8, 4) is 29.4 Å². The van der Waals surface area contributed by atoms with Crippen LogP contribution in [0, 0.1) is 29.1 Å². The van der Waals surface area contributed by atoms with E-state index in [9.17, 15) is 5.26 Å². The van der Waals surface area contributed by atoms with Crippen molar-refractivity contribution in [3.05, 3.63) is 126 Å². The second-order valence-corrected chi connectivity index (χ2v) is 15.1. The second kappa shape index (κ2) is 10.4. The van der Waals surface area contributed by atoms with Gasteiger partial charge >= 0.3 is 0 Å². The Morgan fingerprint density at radius 3 is 1.54 bits per heavy atom. The van der Waals surface area contributed by atoms with Gasteiger partial charge in [-0.2, -0.15) is 20.2 Å². The minimum Gasteiger partial charge on any atom is -0.278 e. The number of rotatable bonds is 4. The highest BCUT2D eigenvalue weighted by atomic mass is 15.3. The zero-order valence-electron chi connectivity index (χ0n) is 27.6. The summed E-state index contributed by atoms with van der Waals surface area (Å²) >= 11 is 0. The van der Waals surface area contributed by atoms with Gasteiger partial charge in [0, 0.05) is 27.1 Å². The number of nitriles is 1. The Balaban J connectivity index is 1.14. The van der Waals surface area contributed by atoms with E-state index in [2.05, 4.69) is 100 Å². The standard InChI is InChI=1S/C44H34N6/c45-26-27-13-18-40-36(22-27)35-9-3-6-12-39(35)50(40)43-47-41(31-14-16-32(17-15-31)44-23-28-19-29(24-44)21-30(20-28)25-44)46-42(48-43)49-37-10-4-1-7-33(37)34-8-2-5-11-38(34)49/h1-18,22,28-30H,19-21,23-25H2. The fourth-order valence-corrected chi connectivity index (χ4v) is 10.5. The molecule has 4 aliphatic carbocycles. The summed E-state index contributed by atoms with van der Waals surface area (Å²) in [6.07, 6.45) is 8.35. The third kappa shape index (κ3) is 4.04. The van der Waals surface area contributed by atoms with E-state index in [4.69, 9.17) is 15.0 Å². The zero-order valence-corrected chi connectivity index (χ0v) is 27.6. The molecule has 12 rings (SSSR count). The van der Waals surface area contributed by atoms with Crippen LogP contribution in [0.5, 0.6) is 0 Å². The van der Waals surface area contributed by atoms with E-state index in [0.717, 1.165) is 66.9 Å². The van der Waals surface area contributed by atoms with Crippen molar-refractivity contribution in [2.75, 3.05) is 0 Å². The van der Waals surface area contributed by atoms with Crippen molar-refractivity contribution < 1.29 is 0 Å². The molecule has 0 radical (unpaired) electrons. The Morgan fingerprint density at radius 2 is 1.02 bits per heavy atom. The monoisotopic (exact) mass is 646 g/mol. The number of hydrogen-bond donors (Lipinski definition) is 0. The van der Waals surface area contributed by atoms with Gasteiger partial charge in [0.25, 0.3) is 0 Å². The van der Waals surface area contributed by atoms with E-state index < -0.39 is 0 Å². The Hall–Kier alpha value is -5.80. The third-order valence-corrected chi connectivity index (χ3v) is 12.2. The molecule has 4 aliphatic rings. The molecule has 0 spiro atoms. The maximum Gasteiger partial charge on any atom is 0.240 e. The molecule has 0 amide bonds. The number of benzene rings is 5. The first-order chi connectivity index (χ1) is 24.6. The van der Waals surface area contributed by atoms with Crippen LogP contribution in [0.1, 0.15) is 49.7 Å². The van der Waals surface area contributed by atoms with E-state index in [1.54, 1.807) is 0 Å². The highest BCUT2D eigenvalue weighted by Crippen LogP contribution is 2.60. The first kappa shape index (κ1) is 28.1.